The highest BCUT2D eigenvalue weighted by atomic mass is 16.5. The Kier molecular flexibility index (Phi) is 4.61. The van der Waals surface area contributed by atoms with E-state index in [0.717, 1.165) is 25.7 Å². The largest absolute Gasteiger partial charge is 0.480 e. The summed E-state index contributed by atoms with van der Waals surface area (Å²) in [6.45, 7) is 1.57. The highest BCUT2D eigenvalue weighted by Crippen LogP contribution is 2.39. The van der Waals surface area contributed by atoms with Gasteiger partial charge >= 0.3 is 5.97 Å². The number of ether oxygens (including phenoxy) is 1. The molecule has 0 bridgehead atoms. The van der Waals surface area contributed by atoms with Crippen LogP contribution in [0.15, 0.2) is 4.52 Å². The summed E-state index contributed by atoms with van der Waals surface area (Å²) in [6.07, 6.45) is 4.58. The van der Waals surface area contributed by atoms with Crippen molar-refractivity contribution in [2.24, 2.45) is 5.92 Å². The average Bonchev–Trinajstić information content (AvgIpc) is 3.10. The zero-order valence-corrected chi connectivity index (χ0v) is 13.1. The molecule has 126 valence electrons. The van der Waals surface area contributed by atoms with Crippen molar-refractivity contribution in [1.29, 1.82) is 0 Å². The molecule has 1 N–H and O–H groups in total. The topological polar surface area (TPSA) is 106 Å². The second kappa shape index (κ2) is 6.66. The molecule has 1 aliphatic carbocycles. The van der Waals surface area contributed by atoms with Gasteiger partial charge in [0.25, 0.3) is 5.89 Å². The van der Waals surface area contributed by atoms with E-state index in [1.165, 1.54) is 4.90 Å². The van der Waals surface area contributed by atoms with Crippen LogP contribution in [-0.2, 0) is 20.9 Å². The van der Waals surface area contributed by atoms with Gasteiger partial charge in [-0.2, -0.15) is 4.98 Å². The Morgan fingerprint density at radius 2 is 2.17 bits per heavy atom. The minimum Gasteiger partial charge on any atom is -0.480 e. The van der Waals surface area contributed by atoms with Crippen LogP contribution in [-0.4, -0.2) is 50.7 Å². The summed E-state index contributed by atoms with van der Waals surface area (Å²) in [5.41, 5.74) is 0. The molecule has 3 atom stereocenters. The normalized spacial score (nSPS) is 27.0. The minimum absolute atomic E-state index is 0.0339. The van der Waals surface area contributed by atoms with Crippen LogP contribution in [0.2, 0.25) is 0 Å². The Morgan fingerprint density at radius 1 is 1.39 bits per heavy atom. The molecule has 1 aromatic heterocycles. The minimum atomic E-state index is -0.930. The van der Waals surface area contributed by atoms with Crippen molar-refractivity contribution in [1.82, 2.24) is 15.0 Å². The number of carbonyl (C=O) groups is 2. The van der Waals surface area contributed by atoms with Gasteiger partial charge < -0.3 is 19.3 Å². The Balaban J connectivity index is 1.60. The number of carboxylic acids is 1. The first-order valence-electron chi connectivity index (χ1n) is 7.97. The first-order chi connectivity index (χ1) is 11.1. The predicted molar refractivity (Wildman–Crippen MR) is 77.3 cm³/mol. The van der Waals surface area contributed by atoms with E-state index in [4.69, 9.17) is 9.26 Å². The Morgan fingerprint density at radius 3 is 2.87 bits per heavy atom. The van der Waals surface area contributed by atoms with Gasteiger partial charge in [-0.25, -0.2) is 4.79 Å². The van der Waals surface area contributed by atoms with Gasteiger partial charge in [-0.3, -0.25) is 4.79 Å². The fraction of sp³-hybridized carbons (Fsp3) is 0.733. The summed E-state index contributed by atoms with van der Waals surface area (Å²) in [5, 5.41) is 13.1. The van der Waals surface area contributed by atoms with Gasteiger partial charge in [-0.1, -0.05) is 18.0 Å². The van der Waals surface area contributed by atoms with E-state index in [0.29, 0.717) is 24.1 Å². The molecule has 1 amide bonds. The lowest BCUT2D eigenvalue weighted by molar-refractivity contribution is -0.152. The highest BCUT2D eigenvalue weighted by Gasteiger charge is 2.47. The van der Waals surface area contributed by atoms with Gasteiger partial charge in [0.2, 0.25) is 5.91 Å². The molecule has 2 fully saturated rings. The van der Waals surface area contributed by atoms with E-state index >= 15 is 0 Å². The second-order valence-corrected chi connectivity index (χ2v) is 6.23. The zero-order valence-electron chi connectivity index (χ0n) is 13.1. The first kappa shape index (κ1) is 15.9. The fourth-order valence-electron chi connectivity index (χ4n) is 3.74. The van der Waals surface area contributed by atoms with Crippen molar-refractivity contribution >= 4 is 11.9 Å². The van der Waals surface area contributed by atoms with Crippen LogP contribution in [0, 0.1) is 12.8 Å². The zero-order chi connectivity index (χ0) is 16.4. The van der Waals surface area contributed by atoms with Crippen molar-refractivity contribution in [3.63, 3.8) is 0 Å². The Bertz CT molecular complexity index is 587. The van der Waals surface area contributed by atoms with Crippen LogP contribution in [0.5, 0.6) is 0 Å². The van der Waals surface area contributed by atoms with Crippen molar-refractivity contribution in [3.05, 3.63) is 11.7 Å². The van der Waals surface area contributed by atoms with Crippen molar-refractivity contribution in [2.75, 3.05) is 6.61 Å². The summed E-state index contributed by atoms with van der Waals surface area (Å²) in [7, 11) is 0. The summed E-state index contributed by atoms with van der Waals surface area (Å²) in [4.78, 5) is 29.5. The quantitative estimate of drug-likeness (QED) is 0.866. The molecule has 2 heterocycles. The number of aryl methyl sites for hydroxylation is 1. The molecule has 1 saturated carbocycles. The van der Waals surface area contributed by atoms with Crippen LogP contribution < -0.4 is 0 Å². The summed E-state index contributed by atoms with van der Waals surface area (Å²) < 4.78 is 10.2. The fourth-order valence-corrected chi connectivity index (χ4v) is 3.74. The predicted octanol–water partition coefficient (Wildman–Crippen LogP) is 1.14. The number of carboxylic acid groups (broad SMARTS) is 1. The Hall–Kier alpha value is -1.96. The molecule has 0 aromatic carbocycles. The second-order valence-electron chi connectivity index (χ2n) is 6.23. The van der Waals surface area contributed by atoms with Gasteiger partial charge in [-0.05, 0) is 32.1 Å². The van der Waals surface area contributed by atoms with E-state index in [1.807, 2.05) is 0 Å². The van der Waals surface area contributed by atoms with Crippen LogP contribution in [0.25, 0.3) is 0 Å². The lowest BCUT2D eigenvalue weighted by Gasteiger charge is -2.32. The van der Waals surface area contributed by atoms with E-state index in [-0.39, 0.29) is 25.2 Å². The SMILES string of the molecule is Cc1noc(COCC(=O)N2[C@H](C(=O)O)C[C@H]3CCCC[C@@H]32)n1. The number of carbonyl (C=O) groups excluding carboxylic acids is 1. The molecule has 8 heteroatoms. The van der Waals surface area contributed by atoms with E-state index < -0.39 is 12.0 Å². The van der Waals surface area contributed by atoms with Gasteiger partial charge in [0, 0.05) is 6.04 Å². The summed E-state index contributed by atoms with van der Waals surface area (Å²) in [5.74, 6) is -0.0942. The maximum Gasteiger partial charge on any atom is 0.326 e. The van der Waals surface area contributed by atoms with Crippen LogP contribution in [0.1, 0.15) is 43.8 Å². The van der Waals surface area contributed by atoms with Crippen LogP contribution >= 0.6 is 0 Å². The molecule has 1 aromatic rings. The molecule has 0 spiro atoms. The molecule has 1 aliphatic heterocycles. The number of aromatic nitrogens is 2. The summed E-state index contributed by atoms with van der Waals surface area (Å²) in [6, 6.07) is -0.698. The van der Waals surface area contributed by atoms with Crippen molar-refractivity contribution in [2.45, 2.75) is 57.7 Å². The van der Waals surface area contributed by atoms with E-state index in [2.05, 4.69) is 10.1 Å². The number of nitrogens with zero attached hydrogens (tertiary/aromatic N) is 3. The van der Waals surface area contributed by atoms with Crippen molar-refractivity contribution < 1.29 is 24.0 Å². The number of rotatable bonds is 5. The molecule has 1 saturated heterocycles. The standard InChI is InChI=1S/C15H21N3O5/c1-9-16-13(23-17-9)7-22-8-14(19)18-11-5-3-2-4-10(11)6-12(18)15(20)21/h10-12H,2-8H2,1H3,(H,20,21)/t10-,11+,12+/m1/s1. The van der Waals surface area contributed by atoms with Crippen molar-refractivity contribution in [3.8, 4) is 0 Å². The molecule has 3 rings (SSSR count). The third kappa shape index (κ3) is 3.36. The third-order valence-electron chi connectivity index (χ3n) is 4.68. The molecule has 2 aliphatic rings. The monoisotopic (exact) mass is 323 g/mol. The highest BCUT2D eigenvalue weighted by molar-refractivity contribution is 5.85. The third-order valence-corrected chi connectivity index (χ3v) is 4.68. The van der Waals surface area contributed by atoms with Gasteiger partial charge in [-0.15, -0.1) is 0 Å². The van der Waals surface area contributed by atoms with E-state index in [1.54, 1.807) is 6.92 Å². The molecule has 0 unspecified atom stereocenters. The number of fused-ring (bicyclic) bond motifs is 1. The maximum atomic E-state index is 12.5. The smallest absolute Gasteiger partial charge is 0.326 e. The van der Waals surface area contributed by atoms with Crippen LogP contribution in [0.4, 0.5) is 0 Å². The lowest BCUT2D eigenvalue weighted by atomic mass is 9.85. The molecule has 23 heavy (non-hydrogen) atoms. The first-order valence-corrected chi connectivity index (χ1v) is 7.97. The number of aliphatic carboxylic acids is 1. The Labute approximate surface area is 133 Å². The molecule has 0 radical (unpaired) electrons. The average molecular weight is 323 g/mol. The van der Waals surface area contributed by atoms with Crippen LogP contribution in [0.3, 0.4) is 0 Å². The number of likely N-dealkylation sites (tertiary alicyclic amines) is 1. The van der Waals surface area contributed by atoms with Gasteiger partial charge in [0.1, 0.15) is 19.3 Å². The number of hydrogen-bond donors (Lipinski definition) is 1. The van der Waals surface area contributed by atoms with Gasteiger partial charge in [0.05, 0.1) is 0 Å². The van der Waals surface area contributed by atoms with Gasteiger partial charge in [0.15, 0.2) is 5.82 Å². The summed E-state index contributed by atoms with van der Waals surface area (Å²) >= 11 is 0. The van der Waals surface area contributed by atoms with E-state index in [9.17, 15) is 14.7 Å². The molecular formula is C15H21N3O5. The lowest BCUT2D eigenvalue weighted by Crippen LogP contribution is -2.47. The molecule has 8 nitrogen and oxygen atoms in total. The number of amides is 1. The molecular weight excluding hydrogens is 302 g/mol. The maximum absolute atomic E-state index is 12.5. The number of hydrogen-bond acceptors (Lipinski definition) is 6.